The third-order valence-electron chi connectivity index (χ3n) is 4.73. The normalized spacial score (nSPS) is 14.8. The second kappa shape index (κ2) is 14.3. The predicted octanol–water partition coefficient (Wildman–Crippen LogP) is 5.59. The van der Waals surface area contributed by atoms with Gasteiger partial charge in [-0.05, 0) is 31.6 Å². The van der Waals surface area contributed by atoms with Crippen molar-refractivity contribution >= 4 is 11.9 Å². The van der Waals surface area contributed by atoms with Crippen LogP contribution in [-0.2, 0) is 14.3 Å². The summed E-state index contributed by atoms with van der Waals surface area (Å²) in [4.78, 5) is 23.3. The summed E-state index contributed by atoms with van der Waals surface area (Å²) in [5.74, 6) is -0.859. The minimum Gasteiger partial charge on any atom is -0.481 e. The average molecular weight is 343 g/mol. The molecule has 3 unspecified atom stereocenters. The van der Waals surface area contributed by atoms with Crippen molar-refractivity contribution in [2.24, 2.45) is 11.8 Å². The second-order valence-corrected chi connectivity index (χ2v) is 6.92. The van der Waals surface area contributed by atoms with Crippen molar-refractivity contribution in [3.63, 3.8) is 0 Å². The minimum atomic E-state index is -0.805. The Morgan fingerprint density at radius 1 is 0.917 bits per heavy atom. The molecule has 0 saturated carbocycles. The van der Waals surface area contributed by atoms with Crippen LogP contribution in [0.25, 0.3) is 0 Å². The summed E-state index contributed by atoms with van der Waals surface area (Å²) >= 11 is 0. The lowest BCUT2D eigenvalue weighted by Crippen LogP contribution is -2.23. The highest BCUT2D eigenvalue weighted by Gasteiger charge is 2.21. The smallest absolute Gasteiger partial charge is 0.306 e. The standard InChI is InChI=1S/C20H38O4/c1-5-9-12-16(8-4)15-18(11-7-3)24-19(21)14-13-17(10-6-2)20(22)23/h16-18H,5-15H2,1-4H3,(H,22,23). The molecule has 0 aromatic rings. The summed E-state index contributed by atoms with van der Waals surface area (Å²) in [5, 5.41) is 9.16. The van der Waals surface area contributed by atoms with Gasteiger partial charge in [-0.1, -0.05) is 66.2 Å². The van der Waals surface area contributed by atoms with E-state index >= 15 is 0 Å². The third kappa shape index (κ3) is 10.7. The van der Waals surface area contributed by atoms with E-state index in [1.807, 2.05) is 6.92 Å². The lowest BCUT2D eigenvalue weighted by molar-refractivity contribution is -0.151. The zero-order chi connectivity index (χ0) is 18.4. The summed E-state index contributed by atoms with van der Waals surface area (Å²) in [5.41, 5.74) is 0. The number of ether oxygens (including phenoxy) is 1. The van der Waals surface area contributed by atoms with Gasteiger partial charge in [-0.15, -0.1) is 0 Å². The number of hydrogen-bond acceptors (Lipinski definition) is 3. The Hall–Kier alpha value is -1.06. The van der Waals surface area contributed by atoms with E-state index in [2.05, 4.69) is 20.8 Å². The Balaban J connectivity index is 4.42. The van der Waals surface area contributed by atoms with Crippen molar-refractivity contribution in [1.82, 2.24) is 0 Å². The first-order valence-corrected chi connectivity index (χ1v) is 9.90. The molecule has 0 spiro atoms. The highest BCUT2D eigenvalue weighted by Crippen LogP contribution is 2.23. The number of carbonyl (C=O) groups is 2. The highest BCUT2D eigenvalue weighted by molar-refractivity contribution is 5.73. The van der Waals surface area contributed by atoms with Crippen molar-refractivity contribution < 1.29 is 19.4 Å². The van der Waals surface area contributed by atoms with Gasteiger partial charge in [0.25, 0.3) is 0 Å². The molecule has 0 fully saturated rings. The van der Waals surface area contributed by atoms with Gasteiger partial charge in [-0.2, -0.15) is 0 Å². The molecule has 1 N–H and O–H groups in total. The first-order valence-electron chi connectivity index (χ1n) is 9.90. The Kier molecular flexibility index (Phi) is 13.7. The van der Waals surface area contributed by atoms with Crippen LogP contribution in [0.2, 0.25) is 0 Å². The first-order chi connectivity index (χ1) is 11.5. The highest BCUT2D eigenvalue weighted by atomic mass is 16.5. The molecule has 24 heavy (non-hydrogen) atoms. The van der Waals surface area contributed by atoms with Crippen LogP contribution in [-0.4, -0.2) is 23.1 Å². The minimum absolute atomic E-state index is 0.0150. The Morgan fingerprint density at radius 2 is 1.58 bits per heavy atom. The van der Waals surface area contributed by atoms with E-state index in [9.17, 15) is 9.59 Å². The summed E-state index contributed by atoms with van der Waals surface area (Å²) in [6, 6.07) is 0. The van der Waals surface area contributed by atoms with E-state index in [4.69, 9.17) is 9.84 Å². The molecule has 4 nitrogen and oxygen atoms in total. The SMILES string of the molecule is CCCCC(CC)CC(CCC)OC(=O)CCC(CCC)C(=O)O. The van der Waals surface area contributed by atoms with Crippen LogP contribution in [0.4, 0.5) is 0 Å². The molecular formula is C20H38O4. The van der Waals surface area contributed by atoms with E-state index in [0.717, 1.165) is 32.1 Å². The predicted molar refractivity (Wildman–Crippen MR) is 98.0 cm³/mol. The fraction of sp³-hybridized carbons (Fsp3) is 0.900. The number of unbranched alkanes of at least 4 members (excludes halogenated alkanes) is 1. The average Bonchev–Trinajstić information content (AvgIpc) is 2.55. The van der Waals surface area contributed by atoms with Crippen molar-refractivity contribution in [1.29, 1.82) is 0 Å². The molecule has 0 aliphatic rings. The molecule has 4 heteroatoms. The Bertz CT molecular complexity index is 341. The monoisotopic (exact) mass is 342 g/mol. The summed E-state index contributed by atoms with van der Waals surface area (Å²) in [6.07, 6.45) is 9.59. The first kappa shape index (κ1) is 22.9. The summed E-state index contributed by atoms with van der Waals surface area (Å²) in [7, 11) is 0. The molecule has 0 rings (SSSR count). The maximum absolute atomic E-state index is 12.1. The fourth-order valence-electron chi connectivity index (χ4n) is 3.18. The third-order valence-corrected chi connectivity index (χ3v) is 4.73. The van der Waals surface area contributed by atoms with Crippen LogP contribution in [0.5, 0.6) is 0 Å². The quantitative estimate of drug-likeness (QED) is 0.394. The number of carbonyl (C=O) groups excluding carboxylic acids is 1. The molecule has 0 radical (unpaired) electrons. The van der Waals surface area contributed by atoms with E-state index < -0.39 is 11.9 Å². The lowest BCUT2D eigenvalue weighted by Gasteiger charge is -2.23. The topological polar surface area (TPSA) is 63.6 Å². The molecular weight excluding hydrogens is 304 g/mol. The molecule has 0 aliphatic heterocycles. The number of aliphatic carboxylic acids is 1. The Morgan fingerprint density at radius 3 is 2.08 bits per heavy atom. The molecule has 0 amide bonds. The van der Waals surface area contributed by atoms with Crippen molar-refractivity contribution in [2.75, 3.05) is 0 Å². The molecule has 0 heterocycles. The lowest BCUT2D eigenvalue weighted by atomic mass is 9.91. The van der Waals surface area contributed by atoms with Crippen molar-refractivity contribution in [3.05, 3.63) is 0 Å². The zero-order valence-corrected chi connectivity index (χ0v) is 16.2. The van der Waals surface area contributed by atoms with Gasteiger partial charge in [-0.25, -0.2) is 0 Å². The van der Waals surface area contributed by atoms with Crippen LogP contribution in [0.1, 0.15) is 98.3 Å². The van der Waals surface area contributed by atoms with E-state index in [1.54, 1.807) is 0 Å². The second-order valence-electron chi connectivity index (χ2n) is 6.92. The van der Waals surface area contributed by atoms with Gasteiger partial charge >= 0.3 is 11.9 Å². The molecule has 0 aromatic carbocycles. The maximum atomic E-state index is 12.1. The van der Waals surface area contributed by atoms with Crippen LogP contribution in [0.3, 0.4) is 0 Å². The number of esters is 1. The number of rotatable bonds is 15. The summed E-state index contributed by atoms with van der Waals surface area (Å²) < 4.78 is 5.68. The van der Waals surface area contributed by atoms with Crippen LogP contribution in [0.15, 0.2) is 0 Å². The molecule has 3 atom stereocenters. The van der Waals surface area contributed by atoms with Gasteiger partial charge in [-0.3, -0.25) is 9.59 Å². The molecule has 142 valence electrons. The molecule has 0 bridgehead atoms. The van der Waals surface area contributed by atoms with Gasteiger partial charge in [0.05, 0.1) is 5.92 Å². The largest absolute Gasteiger partial charge is 0.481 e. The zero-order valence-electron chi connectivity index (χ0n) is 16.2. The van der Waals surface area contributed by atoms with Crippen LogP contribution >= 0.6 is 0 Å². The van der Waals surface area contributed by atoms with Gasteiger partial charge < -0.3 is 9.84 Å². The number of carboxylic acids is 1. The van der Waals surface area contributed by atoms with Crippen LogP contribution in [0, 0.1) is 11.8 Å². The van der Waals surface area contributed by atoms with E-state index in [-0.39, 0.29) is 18.5 Å². The molecule has 0 aromatic heterocycles. The summed E-state index contributed by atoms with van der Waals surface area (Å²) in [6.45, 7) is 8.47. The van der Waals surface area contributed by atoms with Gasteiger partial charge in [0, 0.05) is 6.42 Å². The van der Waals surface area contributed by atoms with Crippen LogP contribution < -0.4 is 0 Å². The molecule has 0 saturated heterocycles. The van der Waals surface area contributed by atoms with Gasteiger partial charge in [0.1, 0.15) is 6.10 Å². The van der Waals surface area contributed by atoms with Gasteiger partial charge in [0.2, 0.25) is 0 Å². The number of hydrogen-bond donors (Lipinski definition) is 1. The maximum Gasteiger partial charge on any atom is 0.306 e. The van der Waals surface area contributed by atoms with E-state index in [1.165, 1.54) is 19.3 Å². The Labute approximate surface area is 148 Å². The fourth-order valence-corrected chi connectivity index (χ4v) is 3.18. The van der Waals surface area contributed by atoms with Crippen molar-refractivity contribution in [2.45, 2.75) is 104 Å². The van der Waals surface area contributed by atoms with E-state index in [0.29, 0.717) is 18.8 Å². The van der Waals surface area contributed by atoms with Gasteiger partial charge in [0.15, 0.2) is 0 Å². The van der Waals surface area contributed by atoms with Crippen molar-refractivity contribution in [3.8, 4) is 0 Å². The molecule has 0 aliphatic carbocycles. The number of carboxylic acid groups (broad SMARTS) is 1.